The third kappa shape index (κ3) is 4.05. The fraction of sp³-hybridized carbons (Fsp3) is 0.294. The molecule has 0 spiro atoms. The Morgan fingerprint density at radius 3 is 2.67 bits per heavy atom. The minimum atomic E-state index is -0.240. The highest BCUT2D eigenvalue weighted by atomic mass is 79.9. The monoisotopic (exact) mass is 351 g/mol. The van der Waals surface area contributed by atoms with Gasteiger partial charge in [-0.2, -0.15) is 0 Å². The second-order valence-electron chi connectivity index (χ2n) is 4.80. The molecule has 0 bridgehead atoms. The summed E-state index contributed by atoms with van der Waals surface area (Å²) in [5.41, 5.74) is 2.18. The van der Waals surface area contributed by atoms with Gasteiger partial charge in [-0.05, 0) is 52.7 Å². The van der Waals surface area contributed by atoms with Gasteiger partial charge in [0, 0.05) is 11.6 Å². The van der Waals surface area contributed by atoms with E-state index in [-0.39, 0.29) is 11.9 Å². The number of halogens is 2. The van der Waals surface area contributed by atoms with Gasteiger partial charge in [-0.1, -0.05) is 31.2 Å². The Morgan fingerprint density at radius 2 is 2.00 bits per heavy atom. The SMILES string of the molecule is CCNC(Cc1ccc(F)c(Br)c1)c1ccccc1OC. The molecular weight excluding hydrogens is 333 g/mol. The van der Waals surface area contributed by atoms with Crippen molar-refractivity contribution >= 4 is 15.9 Å². The molecule has 1 atom stereocenters. The lowest BCUT2D eigenvalue weighted by atomic mass is 9.98. The first kappa shape index (κ1) is 16.0. The maximum absolute atomic E-state index is 13.3. The number of para-hydroxylation sites is 1. The average molecular weight is 352 g/mol. The maximum Gasteiger partial charge on any atom is 0.137 e. The average Bonchev–Trinajstić information content (AvgIpc) is 2.50. The van der Waals surface area contributed by atoms with Crippen LogP contribution in [0.25, 0.3) is 0 Å². The number of nitrogens with one attached hydrogen (secondary N) is 1. The fourth-order valence-electron chi connectivity index (χ4n) is 2.40. The number of hydrogen-bond acceptors (Lipinski definition) is 2. The van der Waals surface area contributed by atoms with Crippen molar-refractivity contribution in [3.05, 3.63) is 63.9 Å². The second kappa shape index (κ2) is 7.57. The molecule has 0 fully saturated rings. The first-order chi connectivity index (χ1) is 10.2. The number of benzene rings is 2. The molecule has 0 saturated carbocycles. The van der Waals surface area contributed by atoms with E-state index >= 15 is 0 Å². The Bertz CT molecular complexity index is 603. The molecule has 2 nitrogen and oxygen atoms in total. The first-order valence-corrected chi connectivity index (χ1v) is 7.75. The Kier molecular flexibility index (Phi) is 5.76. The van der Waals surface area contributed by atoms with E-state index in [9.17, 15) is 4.39 Å². The molecule has 0 radical (unpaired) electrons. The van der Waals surface area contributed by atoms with Crippen LogP contribution in [0.1, 0.15) is 24.1 Å². The van der Waals surface area contributed by atoms with Crippen LogP contribution in [-0.2, 0) is 6.42 Å². The van der Waals surface area contributed by atoms with E-state index in [1.807, 2.05) is 30.3 Å². The molecule has 1 unspecified atom stereocenters. The van der Waals surface area contributed by atoms with Gasteiger partial charge >= 0.3 is 0 Å². The normalized spacial score (nSPS) is 12.2. The summed E-state index contributed by atoms with van der Waals surface area (Å²) in [6, 6.07) is 13.2. The van der Waals surface area contributed by atoms with E-state index in [1.165, 1.54) is 6.07 Å². The third-order valence-corrected chi connectivity index (χ3v) is 4.00. The molecule has 0 aliphatic rings. The summed E-state index contributed by atoms with van der Waals surface area (Å²) in [5.74, 6) is 0.626. The minimum Gasteiger partial charge on any atom is -0.496 e. The van der Waals surface area contributed by atoms with Crippen molar-refractivity contribution in [1.82, 2.24) is 5.32 Å². The summed E-state index contributed by atoms with van der Waals surface area (Å²) in [4.78, 5) is 0. The zero-order chi connectivity index (χ0) is 15.2. The summed E-state index contributed by atoms with van der Waals surface area (Å²) < 4.78 is 19.3. The van der Waals surface area contributed by atoms with E-state index in [0.29, 0.717) is 4.47 Å². The number of likely N-dealkylation sites (N-methyl/N-ethyl adjacent to an activating group) is 1. The predicted octanol–water partition coefficient (Wildman–Crippen LogP) is 4.49. The van der Waals surface area contributed by atoms with Gasteiger partial charge < -0.3 is 10.1 Å². The third-order valence-electron chi connectivity index (χ3n) is 3.39. The van der Waals surface area contributed by atoms with E-state index < -0.39 is 0 Å². The van der Waals surface area contributed by atoms with E-state index in [4.69, 9.17) is 4.74 Å². The molecule has 1 N–H and O–H groups in total. The van der Waals surface area contributed by atoms with Crippen molar-refractivity contribution in [2.45, 2.75) is 19.4 Å². The van der Waals surface area contributed by atoms with Gasteiger partial charge in [0.15, 0.2) is 0 Å². The van der Waals surface area contributed by atoms with Crippen LogP contribution in [0.2, 0.25) is 0 Å². The van der Waals surface area contributed by atoms with E-state index in [2.05, 4.69) is 34.2 Å². The lowest BCUT2D eigenvalue weighted by Crippen LogP contribution is -2.23. The van der Waals surface area contributed by atoms with Gasteiger partial charge in [-0.15, -0.1) is 0 Å². The number of ether oxygens (including phenoxy) is 1. The van der Waals surface area contributed by atoms with Crippen molar-refractivity contribution in [2.24, 2.45) is 0 Å². The fourth-order valence-corrected chi connectivity index (χ4v) is 2.82. The van der Waals surface area contributed by atoms with Gasteiger partial charge in [0.25, 0.3) is 0 Å². The molecule has 0 amide bonds. The van der Waals surface area contributed by atoms with Crippen LogP contribution >= 0.6 is 15.9 Å². The molecule has 4 heteroatoms. The smallest absolute Gasteiger partial charge is 0.137 e. The number of rotatable bonds is 6. The predicted molar refractivity (Wildman–Crippen MR) is 87.2 cm³/mol. The van der Waals surface area contributed by atoms with E-state index in [1.54, 1.807) is 7.11 Å². The molecule has 2 aromatic carbocycles. The second-order valence-corrected chi connectivity index (χ2v) is 5.66. The molecule has 112 valence electrons. The molecule has 0 heterocycles. The highest BCUT2D eigenvalue weighted by molar-refractivity contribution is 9.10. The van der Waals surface area contributed by atoms with Crippen LogP contribution < -0.4 is 10.1 Å². The van der Waals surface area contributed by atoms with Crippen molar-refractivity contribution in [3.8, 4) is 5.75 Å². The zero-order valence-electron chi connectivity index (χ0n) is 12.2. The topological polar surface area (TPSA) is 21.3 Å². The largest absolute Gasteiger partial charge is 0.496 e. The molecular formula is C17H19BrFNO. The molecule has 2 rings (SSSR count). The number of methoxy groups -OCH3 is 1. The summed E-state index contributed by atoms with van der Waals surface area (Å²) in [6.07, 6.45) is 0.771. The van der Waals surface area contributed by atoms with Gasteiger partial charge in [-0.3, -0.25) is 0 Å². The van der Waals surface area contributed by atoms with Crippen molar-refractivity contribution in [2.75, 3.05) is 13.7 Å². The minimum absolute atomic E-state index is 0.128. The zero-order valence-corrected chi connectivity index (χ0v) is 13.8. The van der Waals surface area contributed by atoms with Crippen molar-refractivity contribution in [1.29, 1.82) is 0 Å². The van der Waals surface area contributed by atoms with Crippen LogP contribution in [0.4, 0.5) is 4.39 Å². The standard InChI is InChI=1S/C17H19BrFNO/c1-3-20-16(13-6-4-5-7-17(13)21-2)11-12-8-9-15(19)14(18)10-12/h4-10,16,20H,3,11H2,1-2H3. The lowest BCUT2D eigenvalue weighted by Gasteiger charge is -2.21. The molecule has 0 aliphatic carbocycles. The van der Waals surface area contributed by atoms with Crippen molar-refractivity contribution in [3.63, 3.8) is 0 Å². The van der Waals surface area contributed by atoms with Gasteiger partial charge in [0.1, 0.15) is 11.6 Å². The summed E-state index contributed by atoms with van der Waals surface area (Å²) in [5, 5.41) is 3.47. The van der Waals surface area contributed by atoms with Gasteiger partial charge in [0.2, 0.25) is 0 Å². The van der Waals surface area contributed by atoms with Gasteiger partial charge in [0.05, 0.1) is 11.6 Å². The van der Waals surface area contributed by atoms with Gasteiger partial charge in [-0.25, -0.2) is 4.39 Å². The summed E-state index contributed by atoms with van der Waals surface area (Å²) >= 11 is 3.24. The van der Waals surface area contributed by atoms with E-state index in [0.717, 1.165) is 29.8 Å². The Morgan fingerprint density at radius 1 is 1.24 bits per heavy atom. The van der Waals surface area contributed by atoms with Crippen LogP contribution in [0, 0.1) is 5.82 Å². The Labute approximate surface area is 133 Å². The molecule has 2 aromatic rings. The molecule has 0 saturated heterocycles. The Hall–Kier alpha value is -1.39. The maximum atomic E-state index is 13.3. The van der Waals surface area contributed by atoms with Crippen LogP contribution in [0.5, 0.6) is 5.75 Å². The van der Waals surface area contributed by atoms with Crippen LogP contribution in [-0.4, -0.2) is 13.7 Å². The molecule has 0 aromatic heterocycles. The lowest BCUT2D eigenvalue weighted by molar-refractivity contribution is 0.399. The molecule has 21 heavy (non-hydrogen) atoms. The number of hydrogen-bond donors (Lipinski definition) is 1. The summed E-state index contributed by atoms with van der Waals surface area (Å²) in [7, 11) is 1.68. The van der Waals surface area contributed by atoms with Crippen LogP contribution in [0.3, 0.4) is 0 Å². The first-order valence-electron chi connectivity index (χ1n) is 6.96. The summed E-state index contributed by atoms with van der Waals surface area (Å²) in [6.45, 7) is 2.92. The highest BCUT2D eigenvalue weighted by Gasteiger charge is 2.16. The Balaban J connectivity index is 2.28. The van der Waals surface area contributed by atoms with Crippen molar-refractivity contribution < 1.29 is 9.13 Å². The highest BCUT2D eigenvalue weighted by Crippen LogP contribution is 2.28. The van der Waals surface area contributed by atoms with Crippen LogP contribution in [0.15, 0.2) is 46.9 Å². The molecule has 0 aliphatic heterocycles. The quantitative estimate of drug-likeness (QED) is 0.827.